The van der Waals surface area contributed by atoms with E-state index in [1.165, 1.54) is 19.3 Å². The maximum atomic E-state index is 11.2. The summed E-state index contributed by atoms with van der Waals surface area (Å²) in [6.45, 7) is 3.76. The lowest BCUT2D eigenvalue weighted by Gasteiger charge is -2.07. The number of terminal acetylenes is 1. The molecule has 0 aromatic heterocycles. The molecule has 0 aromatic rings. The zero-order valence-corrected chi connectivity index (χ0v) is 10.6. The van der Waals surface area contributed by atoms with Gasteiger partial charge in [-0.25, -0.2) is 0 Å². The molecule has 2 nitrogen and oxygen atoms in total. The summed E-state index contributed by atoms with van der Waals surface area (Å²) in [5, 5.41) is 0. The molecule has 0 rings (SSSR count). The van der Waals surface area contributed by atoms with Gasteiger partial charge in [0.1, 0.15) is 0 Å². The number of rotatable bonds is 9. The van der Waals surface area contributed by atoms with Gasteiger partial charge >= 0.3 is 5.97 Å². The first kappa shape index (κ1) is 15.0. The van der Waals surface area contributed by atoms with Crippen molar-refractivity contribution in [3.63, 3.8) is 0 Å². The van der Waals surface area contributed by atoms with Crippen LogP contribution in [0.2, 0.25) is 0 Å². The largest absolute Gasteiger partial charge is 0.463 e. The van der Waals surface area contributed by atoms with Crippen molar-refractivity contribution in [1.29, 1.82) is 0 Å². The van der Waals surface area contributed by atoms with E-state index < -0.39 is 0 Å². The molecule has 0 bridgehead atoms. The highest BCUT2D eigenvalue weighted by Crippen LogP contribution is 2.09. The van der Waals surface area contributed by atoms with Gasteiger partial charge in [-0.15, -0.1) is 12.3 Å². The monoisotopic (exact) mass is 224 g/mol. The molecule has 0 aliphatic rings. The molecule has 0 heterocycles. The number of ether oxygens (including phenoxy) is 1. The maximum absolute atomic E-state index is 11.2. The molecule has 0 atom stereocenters. The molecule has 0 saturated heterocycles. The maximum Gasteiger partial charge on any atom is 0.306 e. The summed E-state index contributed by atoms with van der Waals surface area (Å²) < 4.78 is 5.05. The van der Waals surface area contributed by atoms with Crippen molar-refractivity contribution in [2.75, 3.05) is 0 Å². The number of esters is 1. The molecule has 0 N–H and O–H groups in total. The van der Waals surface area contributed by atoms with Crippen molar-refractivity contribution < 1.29 is 9.53 Å². The fourth-order valence-corrected chi connectivity index (χ4v) is 1.53. The van der Waals surface area contributed by atoms with Gasteiger partial charge in [0, 0.05) is 12.8 Å². The van der Waals surface area contributed by atoms with E-state index >= 15 is 0 Å². The van der Waals surface area contributed by atoms with Crippen LogP contribution in [0.3, 0.4) is 0 Å². The standard InChI is InChI=1S/C14H24O2/c1-4-5-6-7-8-9-10-11-12-14(15)16-13(2)3/h1,13H,5-12H2,2-3H3. The zero-order valence-electron chi connectivity index (χ0n) is 10.6. The minimum absolute atomic E-state index is 0.0104. The third kappa shape index (κ3) is 11.1. The molecule has 0 amide bonds. The van der Waals surface area contributed by atoms with Crippen molar-refractivity contribution in [1.82, 2.24) is 0 Å². The van der Waals surface area contributed by atoms with E-state index in [4.69, 9.17) is 11.2 Å². The first-order chi connectivity index (χ1) is 7.66. The quantitative estimate of drug-likeness (QED) is 0.339. The van der Waals surface area contributed by atoms with Crippen LogP contribution in [-0.2, 0) is 9.53 Å². The SMILES string of the molecule is C#CCCCCCCCCC(=O)OC(C)C. The fourth-order valence-electron chi connectivity index (χ4n) is 1.53. The summed E-state index contributed by atoms with van der Waals surface area (Å²) in [4.78, 5) is 11.2. The Kier molecular flexibility index (Phi) is 9.91. The Labute approximate surface area is 99.8 Å². The topological polar surface area (TPSA) is 26.3 Å². The molecule has 0 saturated carbocycles. The van der Waals surface area contributed by atoms with Crippen molar-refractivity contribution in [2.45, 2.75) is 71.3 Å². The highest BCUT2D eigenvalue weighted by molar-refractivity contribution is 5.69. The predicted molar refractivity (Wildman–Crippen MR) is 67.0 cm³/mol. The molecule has 0 aromatic carbocycles. The molecule has 16 heavy (non-hydrogen) atoms. The Bertz CT molecular complexity index is 213. The van der Waals surface area contributed by atoms with Gasteiger partial charge < -0.3 is 4.74 Å². The molecule has 0 unspecified atom stereocenters. The predicted octanol–water partition coefficient (Wildman–Crippen LogP) is 3.69. The van der Waals surface area contributed by atoms with Crippen molar-refractivity contribution >= 4 is 5.97 Å². The van der Waals surface area contributed by atoms with E-state index in [0.29, 0.717) is 6.42 Å². The highest BCUT2D eigenvalue weighted by Gasteiger charge is 2.04. The summed E-state index contributed by atoms with van der Waals surface area (Å²) in [6.07, 6.45) is 13.4. The number of hydrogen-bond donors (Lipinski definition) is 0. The first-order valence-electron chi connectivity index (χ1n) is 6.29. The molecular weight excluding hydrogens is 200 g/mol. The summed E-state index contributed by atoms with van der Waals surface area (Å²) in [6, 6.07) is 0. The molecule has 0 spiro atoms. The smallest absolute Gasteiger partial charge is 0.306 e. The number of carbonyl (C=O) groups excluding carboxylic acids is 1. The lowest BCUT2D eigenvalue weighted by molar-refractivity contribution is -0.147. The average Bonchev–Trinajstić information content (AvgIpc) is 2.21. The summed E-state index contributed by atoms with van der Waals surface area (Å²) >= 11 is 0. The zero-order chi connectivity index (χ0) is 12.2. The van der Waals surface area contributed by atoms with Gasteiger partial charge in [-0.1, -0.05) is 25.7 Å². The second kappa shape index (κ2) is 10.5. The minimum Gasteiger partial charge on any atom is -0.463 e. The van der Waals surface area contributed by atoms with E-state index in [1.54, 1.807) is 0 Å². The van der Waals surface area contributed by atoms with Crippen molar-refractivity contribution in [2.24, 2.45) is 0 Å². The van der Waals surface area contributed by atoms with Crippen LogP contribution in [0.1, 0.15) is 65.2 Å². The van der Waals surface area contributed by atoms with Gasteiger partial charge in [0.05, 0.1) is 6.10 Å². The van der Waals surface area contributed by atoms with E-state index in [9.17, 15) is 4.79 Å². The number of unbranched alkanes of at least 4 members (excludes halogenated alkanes) is 6. The Morgan fingerprint density at radius 1 is 1.12 bits per heavy atom. The van der Waals surface area contributed by atoms with Gasteiger partial charge in [-0.2, -0.15) is 0 Å². The molecule has 0 fully saturated rings. The normalized spacial score (nSPS) is 10.1. The van der Waals surface area contributed by atoms with Crippen molar-refractivity contribution in [3.05, 3.63) is 0 Å². The van der Waals surface area contributed by atoms with E-state index in [0.717, 1.165) is 25.7 Å². The summed E-state index contributed by atoms with van der Waals surface area (Å²) in [5.74, 6) is 2.57. The van der Waals surface area contributed by atoms with Gasteiger partial charge in [-0.05, 0) is 26.7 Å². The molecule has 0 radical (unpaired) electrons. The average molecular weight is 224 g/mol. The minimum atomic E-state index is -0.0673. The van der Waals surface area contributed by atoms with Crippen LogP contribution in [0, 0.1) is 12.3 Å². The van der Waals surface area contributed by atoms with E-state index in [1.807, 2.05) is 13.8 Å². The Morgan fingerprint density at radius 3 is 2.25 bits per heavy atom. The van der Waals surface area contributed by atoms with Crippen LogP contribution < -0.4 is 0 Å². The summed E-state index contributed by atoms with van der Waals surface area (Å²) in [5.41, 5.74) is 0. The van der Waals surface area contributed by atoms with Crippen LogP contribution in [-0.4, -0.2) is 12.1 Å². The lowest BCUT2D eigenvalue weighted by atomic mass is 10.1. The van der Waals surface area contributed by atoms with Crippen LogP contribution in [0.5, 0.6) is 0 Å². The van der Waals surface area contributed by atoms with Crippen LogP contribution in [0.4, 0.5) is 0 Å². The highest BCUT2D eigenvalue weighted by atomic mass is 16.5. The molecule has 0 aliphatic heterocycles. The fraction of sp³-hybridized carbons (Fsp3) is 0.786. The number of hydrogen-bond acceptors (Lipinski definition) is 2. The Hall–Kier alpha value is -0.970. The van der Waals surface area contributed by atoms with Gasteiger partial charge in [0.25, 0.3) is 0 Å². The van der Waals surface area contributed by atoms with Gasteiger partial charge in [-0.3, -0.25) is 4.79 Å². The second-order valence-corrected chi connectivity index (χ2v) is 4.36. The summed E-state index contributed by atoms with van der Waals surface area (Å²) in [7, 11) is 0. The van der Waals surface area contributed by atoms with Gasteiger partial charge in [0.15, 0.2) is 0 Å². The first-order valence-corrected chi connectivity index (χ1v) is 6.29. The van der Waals surface area contributed by atoms with Gasteiger partial charge in [0.2, 0.25) is 0 Å². The van der Waals surface area contributed by atoms with Crippen LogP contribution in [0.15, 0.2) is 0 Å². The van der Waals surface area contributed by atoms with E-state index in [2.05, 4.69) is 5.92 Å². The molecule has 0 aliphatic carbocycles. The van der Waals surface area contributed by atoms with E-state index in [-0.39, 0.29) is 12.1 Å². The third-order valence-corrected chi connectivity index (χ3v) is 2.32. The molecule has 92 valence electrons. The van der Waals surface area contributed by atoms with Crippen LogP contribution >= 0.6 is 0 Å². The Morgan fingerprint density at radius 2 is 1.69 bits per heavy atom. The van der Waals surface area contributed by atoms with Crippen molar-refractivity contribution in [3.8, 4) is 12.3 Å². The molecule has 2 heteroatoms. The number of carbonyl (C=O) groups is 1. The second-order valence-electron chi connectivity index (χ2n) is 4.36. The lowest BCUT2D eigenvalue weighted by Crippen LogP contribution is -2.10. The molecular formula is C14H24O2. The third-order valence-electron chi connectivity index (χ3n) is 2.32. The van der Waals surface area contributed by atoms with Crippen LogP contribution in [0.25, 0.3) is 0 Å². The Balaban J connectivity index is 3.15.